The number of nitrogens with one attached hydrogen (secondary N) is 2. The van der Waals surface area contributed by atoms with Crippen LogP contribution in [0.4, 0.5) is 24.8 Å². The van der Waals surface area contributed by atoms with Gasteiger partial charge in [-0.15, -0.1) is 0 Å². The number of rotatable bonds is 3. The van der Waals surface area contributed by atoms with Gasteiger partial charge in [0.1, 0.15) is 11.6 Å². The molecule has 0 aromatic carbocycles. The zero-order chi connectivity index (χ0) is 13.2. The molecule has 18 heavy (non-hydrogen) atoms. The zero-order valence-corrected chi connectivity index (χ0v) is 10.7. The number of pyridine rings is 1. The zero-order valence-electron chi connectivity index (χ0n) is 9.84. The highest BCUT2D eigenvalue weighted by atomic mass is 32.2. The van der Waals surface area contributed by atoms with Gasteiger partial charge in [0.05, 0.1) is 5.56 Å². The van der Waals surface area contributed by atoms with Gasteiger partial charge in [0.25, 0.3) is 0 Å². The van der Waals surface area contributed by atoms with Crippen LogP contribution in [0.25, 0.3) is 0 Å². The maximum atomic E-state index is 12.7. The number of aromatic nitrogens is 1. The first-order chi connectivity index (χ1) is 8.49. The summed E-state index contributed by atoms with van der Waals surface area (Å²) in [4.78, 5) is 4.10. The molecule has 0 bridgehead atoms. The van der Waals surface area contributed by atoms with Crippen molar-refractivity contribution in [1.82, 2.24) is 4.98 Å². The minimum Gasteiger partial charge on any atom is -0.373 e. The van der Waals surface area contributed by atoms with Crippen molar-refractivity contribution in [3.05, 3.63) is 17.7 Å². The number of thioether (sulfide) groups is 1. The Morgan fingerprint density at radius 2 is 2.06 bits per heavy atom. The molecule has 0 radical (unpaired) electrons. The van der Waals surface area contributed by atoms with Crippen molar-refractivity contribution in [3.8, 4) is 0 Å². The number of nitrogens with zero attached hydrogens (tertiary/aromatic N) is 1. The van der Waals surface area contributed by atoms with E-state index >= 15 is 0 Å². The number of anilines is 2. The molecule has 3 nitrogen and oxygen atoms in total. The molecule has 1 aromatic rings. The molecule has 7 heteroatoms. The first-order valence-corrected chi connectivity index (χ1v) is 6.76. The Hall–Kier alpha value is -1.11. The van der Waals surface area contributed by atoms with Crippen LogP contribution in [-0.2, 0) is 6.18 Å². The van der Waals surface area contributed by atoms with Crippen molar-refractivity contribution in [2.75, 3.05) is 29.2 Å². The van der Waals surface area contributed by atoms with Crippen molar-refractivity contribution in [3.63, 3.8) is 0 Å². The second-order valence-electron chi connectivity index (χ2n) is 4.08. The molecule has 100 valence electrons. The number of halogens is 3. The molecule has 2 rings (SSSR count). The lowest BCUT2D eigenvalue weighted by Crippen LogP contribution is -2.20. The van der Waals surface area contributed by atoms with Crippen LogP contribution in [0, 0.1) is 0 Å². The summed E-state index contributed by atoms with van der Waals surface area (Å²) in [5, 5.41) is 5.70. The molecule has 1 atom stereocenters. The summed E-state index contributed by atoms with van der Waals surface area (Å²) in [6.45, 7) is 0. The van der Waals surface area contributed by atoms with E-state index in [2.05, 4.69) is 15.6 Å². The number of hydrogen-bond donors (Lipinski definition) is 2. The van der Waals surface area contributed by atoms with Gasteiger partial charge in [0.2, 0.25) is 0 Å². The smallest absolute Gasteiger partial charge is 0.373 e. The van der Waals surface area contributed by atoms with Gasteiger partial charge in [0, 0.05) is 18.8 Å². The maximum Gasteiger partial charge on any atom is 0.416 e. The Labute approximate surface area is 108 Å². The second-order valence-corrected chi connectivity index (χ2v) is 5.23. The van der Waals surface area contributed by atoms with Crippen LogP contribution in [0.15, 0.2) is 12.1 Å². The summed E-state index contributed by atoms with van der Waals surface area (Å²) < 4.78 is 38.1. The third kappa shape index (κ3) is 3.22. The van der Waals surface area contributed by atoms with E-state index < -0.39 is 11.7 Å². The molecule has 1 aliphatic heterocycles. The van der Waals surface area contributed by atoms with Crippen LogP contribution >= 0.6 is 11.8 Å². The standard InChI is InChI=1S/C11H14F3N3S/c1-15-9-4-7(11(12,13)14)5-10(17-9)16-8-2-3-18-6-8/h4-5,8H,2-3,6H2,1H3,(H2,15,16,17). The van der Waals surface area contributed by atoms with E-state index in [0.717, 1.165) is 30.1 Å². The van der Waals surface area contributed by atoms with E-state index in [1.807, 2.05) is 0 Å². The van der Waals surface area contributed by atoms with E-state index in [9.17, 15) is 13.2 Å². The second kappa shape index (κ2) is 5.26. The van der Waals surface area contributed by atoms with E-state index in [-0.39, 0.29) is 17.7 Å². The average molecular weight is 277 g/mol. The quantitative estimate of drug-likeness (QED) is 0.890. The maximum absolute atomic E-state index is 12.7. The molecule has 0 spiro atoms. The van der Waals surface area contributed by atoms with Crippen molar-refractivity contribution < 1.29 is 13.2 Å². The van der Waals surface area contributed by atoms with Gasteiger partial charge in [-0.05, 0) is 24.3 Å². The summed E-state index contributed by atoms with van der Waals surface area (Å²) in [5.41, 5.74) is -0.685. The summed E-state index contributed by atoms with van der Waals surface area (Å²) in [7, 11) is 1.55. The Balaban J connectivity index is 2.23. The first kappa shape index (κ1) is 13.3. The minimum atomic E-state index is -4.35. The minimum absolute atomic E-state index is 0.204. The topological polar surface area (TPSA) is 37.0 Å². The molecule has 1 saturated heterocycles. The van der Waals surface area contributed by atoms with Crippen LogP contribution < -0.4 is 10.6 Å². The Morgan fingerprint density at radius 3 is 2.61 bits per heavy atom. The molecule has 2 N–H and O–H groups in total. The van der Waals surface area contributed by atoms with Gasteiger partial charge in [-0.2, -0.15) is 24.9 Å². The van der Waals surface area contributed by atoms with E-state index in [1.54, 1.807) is 18.8 Å². The third-order valence-electron chi connectivity index (χ3n) is 2.69. The average Bonchev–Trinajstić information content (AvgIpc) is 2.80. The van der Waals surface area contributed by atoms with Crippen LogP contribution in [0.1, 0.15) is 12.0 Å². The Morgan fingerprint density at radius 1 is 1.33 bits per heavy atom. The highest BCUT2D eigenvalue weighted by Gasteiger charge is 2.32. The SMILES string of the molecule is CNc1cc(C(F)(F)F)cc(NC2CCSC2)n1. The fraction of sp³-hybridized carbons (Fsp3) is 0.545. The molecule has 1 aromatic heterocycles. The van der Waals surface area contributed by atoms with Crippen molar-refractivity contribution in [2.24, 2.45) is 0 Å². The monoisotopic (exact) mass is 277 g/mol. The van der Waals surface area contributed by atoms with Gasteiger partial charge >= 0.3 is 6.18 Å². The fourth-order valence-corrected chi connectivity index (χ4v) is 2.91. The third-order valence-corrected chi connectivity index (χ3v) is 3.85. The molecule has 0 saturated carbocycles. The van der Waals surface area contributed by atoms with E-state index in [4.69, 9.17) is 0 Å². The first-order valence-electron chi connectivity index (χ1n) is 5.60. The molecular weight excluding hydrogens is 263 g/mol. The highest BCUT2D eigenvalue weighted by Crippen LogP contribution is 2.32. The highest BCUT2D eigenvalue weighted by molar-refractivity contribution is 7.99. The van der Waals surface area contributed by atoms with Crippen molar-refractivity contribution in [1.29, 1.82) is 0 Å². The summed E-state index contributed by atoms with van der Waals surface area (Å²) in [6, 6.07) is 2.27. The predicted octanol–water partition coefficient (Wildman–Crippen LogP) is 3.06. The van der Waals surface area contributed by atoms with Crippen LogP contribution in [0.3, 0.4) is 0 Å². The van der Waals surface area contributed by atoms with E-state index in [0.29, 0.717) is 0 Å². The Bertz CT molecular complexity index is 416. The van der Waals surface area contributed by atoms with Crippen LogP contribution in [-0.4, -0.2) is 29.6 Å². The molecule has 0 aliphatic carbocycles. The molecule has 1 fully saturated rings. The van der Waals surface area contributed by atoms with Gasteiger partial charge in [-0.3, -0.25) is 0 Å². The van der Waals surface area contributed by atoms with Gasteiger partial charge in [-0.25, -0.2) is 4.98 Å². The lowest BCUT2D eigenvalue weighted by atomic mass is 10.2. The lowest BCUT2D eigenvalue weighted by Gasteiger charge is -2.15. The summed E-state index contributed by atoms with van der Waals surface area (Å²) >= 11 is 1.79. The molecular formula is C11H14F3N3S. The van der Waals surface area contributed by atoms with Crippen LogP contribution in [0.2, 0.25) is 0 Å². The fourth-order valence-electron chi connectivity index (χ4n) is 1.75. The molecule has 0 amide bonds. The van der Waals surface area contributed by atoms with E-state index in [1.165, 1.54) is 0 Å². The van der Waals surface area contributed by atoms with Gasteiger partial charge in [-0.1, -0.05) is 0 Å². The lowest BCUT2D eigenvalue weighted by molar-refractivity contribution is -0.137. The number of alkyl halides is 3. The van der Waals surface area contributed by atoms with Crippen molar-refractivity contribution in [2.45, 2.75) is 18.6 Å². The predicted molar refractivity (Wildman–Crippen MR) is 68.1 cm³/mol. The van der Waals surface area contributed by atoms with Crippen molar-refractivity contribution >= 4 is 23.4 Å². The number of hydrogen-bond acceptors (Lipinski definition) is 4. The normalized spacial score (nSPS) is 19.9. The molecule has 2 heterocycles. The largest absolute Gasteiger partial charge is 0.416 e. The molecule has 1 aliphatic rings. The van der Waals surface area contributed by atoms with Crippen LogP contribution in [0.5, 0.6) is 0 Å². The summed E-state index contributed by atoms with van der Waals surface area (Å²) in [6.07, 6.45) is -3.40. The molecule has 1 unspecified atom stereocenters. The summed E-state index contributed by atoms with van der Waals surface area (Å²) in [5.74, 6) is 2.45. The van der Waals surface area contributed by atoms with Gasteiger partial charge in [0.15, 0.2) is 0 Å². The Kier molecular flexibility index (Phi) is 3.89. The van der Waals surface area contributed by atoms with Gasteiger partial charge < -0.3 is 10.6 Å².